The lowest BCUT2D eigenvalue weighted by atomic mass is 9.77. The second kappa shape index (κ2) is 23.2. The Morgan fingerprint density at radius 1 is 0.482 bits per heavy atom. The third-order valence-corrected chi connectivity index (χ3v) is 23.8. The summed E-state index contributed by atoms with van der Waals surface area (Å²) in [5.74, 6) is -5.69. The van der Waals surface area contributed by atoms with Gasteiger partial charge in [-0.1, -0.05) is 61.8 Å². The molecule has 460 valence electrons. The van der Waals surface area contributed by atoms with Crippen molar-refractivity contribution in [1.82, 2.24) is 0 Å². The number of carbonyl (C=O) groups is 9. The molecule has 0 spiro atoms. The zero-order valence-electron chi connectivity index (χ0n) is 50.5. The van der Waals surface area contributed by atoms with Gasteiger partial charge < -0.3 is 42.6 Å². The predicted molar refractivity (Wildman–Crippen MR) is 293 cm³/mol. The molecule has 3 heterocycles. The van der Waals surface area contributed by atoms with Gasteiger partial charge in [-0.05, 0) is 147 Å². The van der Waals surface area contributed by atoms with E-state index in [1.54, 1.807) is 0 Å². The molecule has 18 heteroatoms. The molecule has 3 saturated heterocycles. The van der Waals surface area contributed by atoms with Gasteiger partial charge in [0.1, 0.15) is 53.4 Å². The molecule has 0 amide bonds. The number of hydrogen-bond acceptors (Lipinski definition) is 18. The van der Waals surface area contributed by atoms with Crippen molar-refractivity contribution in [2.75, 3.05) is 0 Å². The summed E-state index contributed by atoms with van der Waals surface area (Å²) in [6, 6.07) is 0. The zero-order valence-corrected chi connectivity index (χ0v) is 50.5. The lowest BCUT2D eigenvalue weighted by Crippen LogP contribution is -2.47. The van der Waals surface area contributed by atoms with Crippen LogP contribution >= 0.6 is 0 Å². The van der Waals surface area contributed by atoms with Crippen LogP contribution in [0.5, 0.6) is 0 Å². The molecule has 13 aliphatic rings. The van der Waals surface area contributed by atoms with E-state index in [2.05, 4.69) is 13.8 Å². The van der Waals surface area contributed by atoms with Crippen LogP contribution in [-0.4, -0.2) is 107 Å². The molecular weight excluding hydrogens is 1070 g/mol. The van der Waals surface area contributed by atoms with E-state index in [1.165, 1.54) is 12.8 Å². The van der Waals surface area contributed by atoms with E-state index in [0.717, 1.165) is 83.5 Å². The molecule has 0 radical (unpaired) electrons. The molecule has 0 aromatic heterocycles. The second-order valence-electron chi connectivity index (χ2n) is 28.2. The third-order valence-electron chi connectivity index (χ3n) is 23.8. The summed E-state index contributed by atoms with van der Waals surface area (Å²) < 4.78 is 52.2. The highest BCUT2D eigenvalue weighted by Gasteiger charge is 2.73. The number of carbonyl (C=O) groups excluding carboxylic acids is 9. The fourth-order valence-corrected chi connectivity index (χ4v) is 18.5. The van der Waals surface area contributed by atoms with Gasteiger partial charge in [-0.25, -0.2) is 0 Å². The average Bonchev–Trinajstić information content (AvgIpc) is 4.44. The number of esters is 9. The Kier molecular flexibility index (Phi) is 16.7. The van der Waals surface area contributed by atoms with Gasteiger partial charge >= 0.3 is 53.7 Å². The van der Waals surface area contributed by atoms with E-state index in [9.17, 15) is 43.2 Å². The van der Waals surface area contributed by atoms with Crippen LogP contribution in [0.15, 0.2) is 0 Å². The van der Waals surface area contributed by atoms with Crippen LogP contribution in [0.1, 0.15) is 197 Å². The lowest BCUT2D eigenvalue weighted by Gasteiger charge is -2.39. The molecule has 18 nitrogen and oxygen atoms in total. The molecule has 13 rings (SSSR count). The molecule has 83 heavy (non-hydrogen) atoms. The Morgan fingerprint density at radius 2 is 0.867 bits per heavy atom. The van der Waals surface area contributed by atoms with Crippen LogP contribution in [0.3, 0.4) is 0 Å². The van der Waals surface area contributed by atoms with Crippen molar-refractivity contribution in [3.05, 3.63) is 0 Å². The van der Waals surface area contributed by atoms with Gasteiger partial charge in [0.2, 0.25) is 0 Å². The normalized spacial score (nSPS) is 42.3. The number of hydrogen-bond donors (Lipinski definition) is 0. The van der Waals surface area contributed by atoms with Crippen molar-refractivity contribution in [3.63, 3.8) is 0 Å². The number of rotatable bonds is 17. The summed E-state index contributed by atoms with van der Waals surface area (Å²) in [4.78, 5) is 114. The number of fused-ring (bicyclic) bond motifs is 5. The maximum atomic E-state index is 13.4. The monoisotopic (exact) mass is 1160 g/mol. The Hall–Kier alpha value is -4.77. The summed E-state index contributed by atoms with van der Waals surface area (Å²) in [7, 11) is 0. The minimum atomic E-state index is -0.547. The smallest absolute Gasteiger partial charge is 0.310 e. The van der Waals surface area contributed by atoms with Gasteiger partial charge in [-0.2, -0.15) is 0 Å². The summed E-state index contributed by atoms with van der Waals surface area (Å²) in [6.07, 6.45) is 16.5. The fraction of sp³-hybridized carbons (Fsp3) is 0.862. The highest BCUT2D eigenvalue weighted by molar-refractivity contribution is 5.88. The van der Waals surface area contributed by atoms with E-state index in [0.29, 0.717) is 50.4 Å². The van der Waals surface area contributed by atoms with Crippen molar-refractivity contribution in [2.45, 2.75) is 251 Å². The first-order chi connectivity index (χ1) is 39.6. The van der Waals surface area contributed by atoms with Gasteiger partial charge in [-0.3, -0.25) is 43.2 Å². The van der Waals surface area contributed by atoms with Crippen LogP contribution < -0.4 is 0 Å². The zero-order chi connectivity index (χ0) is 59.2. The standard InChI is InChI=1S/C23H32O6.2C21H30O6/c1-4-11(3)20(24)27-18-15-9-14-16(21(25)28-19(14)18)17(15)22(26)29-23(5-2)10-12-6-7-13(23)8-12;1-4-11(2)18(22)25-16-13-10-12-14(19(23)26-17(12)16)15(13)20(24)27-21(3)8-6-5-7-9-21;1-4-11(3)18(22)25-16-13-10-12-14(19(23)26-17(12)16)15(13)20(24)27-21(5-2)8-6-7-9-21/h11-19H,4-10H2,1-3H3;2*11-17H,4-10H2,1-3H3. The summed E-state index contributed by atoms with van der Waals surface area (Å²) in [5.41, 5.74) is -1.20. The van der Waals surface area contributed by atoms with Crippen LogP contribution in [0.25, 0.3) is 0 Å². The molecule has 0 N–H and O–H groups in total. The fourth-order valence-electron chi connectivity index (χ4n) is 18.5. The van der Waals surface area contributed by atoms with Crippen LogP contribution in [0.2, 0.25) is 0 Å². The van der Waals surface area contributed by atoms with Gasteiger partial charge in [0.15, 0.2) is 0 Å². The van der Waals surface area contributed by atoms with E-state index in [-0.39, 0.29) is 118 Å². The molecular formula is C65H92O18. The van der Waals surface area contributed by atoms with E-state index in [1.807, 2.05) is 48.5 Å². The highest BCUT2D eigenvalue weighted by Crippen LogP contribution is 2.63. The minimum Gasteiger partial charge on any atom is -0.459 e. The quantitative estimate of drug-likeness (QED) is 0.0974. The van der Waals surface area contributed by atoms with Crippen LogP contribution in [-0.2, 0) is 85.8 Å². The van der Waals surface area contributed by atoms with Crippen molar-refractivity contribution >= 4 is 53.7 Å². The van der Waals surface area contributed by atoms with Crippen molar-refractivity contribution < 1.29 is 85.8 Å². The minimum absolute atomic E-state index is 0.0302. The van der Waals surface area contributed by atoms with Gasteiger partial charge in [-0.15, -0.1) is 0 Å². The Bertz CT molecular complexity index is 2550. The first-order valence-electron chi connectivity index (χ1n) is 32.5. The Morgan fingerprint density at radius 3 is 1.22 bits per heavy atom. The molecule has 3 aliphatic heterocycles. The molecule has 0 aromatic carbocycles. The topological polar surface area (TPSA) is 237 Å². The molecule has 24 unspecified atom stereocenters. The van der Waals surface area contributed by atoms with E-state index in [4.69, 9.17) is 42.6 Å². The summed E-state index contributed by atoms with van der Waals surface area (Å²) in [6.45, 7) is 17.5. The largest absolute Gasteiger partial charge is 0.459 e. The number of ether oxygens (including phenoxy) is 9. The summed E-state index contributed by atoms with van der Waals surface area (Å²) in [5, 5.41) is 0. The van der Waals surface area contributed by atoms with Gasteiger partial charge in [0.05, 0.1) is 53.3 Å². The molecule has 24 atom stereocenters. The second-order valence-corrected chi connectivity index (χ2v) is 28.2. The van der Waals surface area contributed by atoms with Gasteiger partial charge in [0.25, 0.3) is 0 Å². The lowest BCUT2D eigenvalue weighted by molar-refractivity contribution is -0.181. The van der Waals surface area contributed by atoms with Crippen LogP contribution in [0, 0.1) is 101 Å². The van der Waals surface area contributed by atoms with Crippen molar-refractivity contribution in [3.8, 4) is 0 Å². The molecule has 0 aromatic rings. The molecule has 10 aliphatic carbocycles. The van der Waals surface area contributed by atoms with Crippen LogP contribution in [0.4, 0.5) is 0 Å². The molecule has 13 fully saturated rings. The molecule has 10 saturated carbocycles. The summed E-state index contributed by atoms with van der Waals surface area (Å²) >= 11 is 0. The highest BCUT2D eigenvalue weighted by atomic mass is 16.6. The maximum Gasteiger partial charge on any atom is 0.310 e. The average molecular weight is 1160 g/mol. The molecule has 8 bridgehead atoms. The predicted octanol–water partition coefficient (Wildman–Crippen LogP) is 9.30. The third kappa shape index (κ3) is 10.4. The van der Waals surface area contributed by atoms with E-state index < -0.39 is 77.7 Å². The van der Waals surface area contributed by atoms with Gasteiger partial charge in [0, 0.05) is 35.5 Å². The first kappa shape index (κ1) is 59.9. The Labute approximate surface area is 489 Å². The van der Waals surface area contributed by atoms with Crippen molar-refractivity contribution in [1.29, 1.82) is 0 Å². The Balaban J connectivity index is 0.000000130. The maximum absolute atomic E-state index is 13.4. The van der Waals surface area contributed by atoms with Crippen molar-refractivity contribution in [2.24, 2.45) is 101 Å². The van der Waals surface area contributed by atoms with E-state index >= 15 is 0 Å². The SMILES string of the molecule is CCC(C)C(=O)OC1C2CC3C1OC(=O)C3C2C(=O)OC1(C)CCCCC1.CCC(C)C(=O)OC1C2CC3C1OC(=O)C3C2C(=O)OC1(CC)CC2CCC1C2.CCC(C)C(=O)OC1C2CC3C1OC(=O)C3C2C(=O)OC1(CC)CCCC1. The first-order valence-corrected chi connectivity index (χ1v) is 32.5.